The molecule has 0 saturated heterocycles. The number of hydrogen-bond donors (Lipinski definition) is 2. The quantitative estimate of drug-likeness (QED) is 0.179. The number of Topliss-reactive ketones (excluding diaryl/α,β-unsaturated/α-hetero) is 1. The van der Waals surface area contributed by atoms with E-state index >= 15 is 0 Å². The normalized spacial score (nSPS) is 12.3. The highest BCUT2D eigenvalue weighted by Gasteiger charge is 2.26. The van der Waals surface area contributed by atoms with Gasteiger partial charge in [-0.05, 0) is 96.8 Å². The highest BCUT2D eigenvalue weighted by molar-refractivity contribution is 6.08. The van der Waals surface area contributed by atoms with Gasteiger partial charge in [-0.25, -0.2) is 9.97 Å². The maximum absolute atomic E-state index is 14.4. The third-order valence-electron chi connectivity index (χ3n) is 10.3. The van der Waals surface area contributed by atoms with E-state index in [9.17, 15) is 4.79 Å². The molecule has 55 heavy (non-hydrogen) atoms. The summed E-state index contributed by atoms with van der Waals surface area (Å²) >= 11 is 0. The van der Waals surface area contributed by atoms with Gasteiger partial charge < -0.3 is 19.4 Å². The van der Waals surface area contributed by atoms with Crippen LogP contribution in [0.5, 0.6) is 11.5 Å². The lowest BCUT2D eigenvalue weighted by Gasteiger charge is -2.08. The first-order valence-corrected chi connectivity index (χ1v) is 18.3. The van der Waals surface area contributed by atoms with Crippen LogP contribution in [0.1, 0.15) is 38.7 Å². The predicted octanol–water partition coefficient (Wildman–Crippen LogP) is 11.2. The Morgan fingerprint density at radius 3 is 1.45 bits per heavy atom. The maximum Gasteiger partial charge on any atom is 0.187 e. The predicted molar refractivity (Wildman–Crippen MR) is 222 cm³/mol. The Morgan fingerprint density at radius 2 is 0.945 bits per heavy atom. The molecule has 2 N–H and O–H groups in total. The summed E-state index contributed by atoms with van der Waals surface area (Å²) in [5, 5.41) is 0. The van der Waals surface area contributed by atoms with Gasteiger partial charge in [0, 0.05) is 44.3 Å². The van der Waals surface area contributed by atoms with Crippen LogP contribution in [-0.4, -0.2) is 39.9 Å². The van der Waals surface area contributed by atoms with Crippen molar-refractivity contribution >= 4 is 40.0 Å². The average molecular weight is 719 g/mol. The molecule has 8 bridgehead atoms. The van der Waals surface area contributed by atoms with E-state index in [1.165, 1.54) is 0 Å². The fraction of sp³-hybridized carbons (Fsp3) is 0.104. The van der Waals surface area contributed by atoms with E-state index in [2.05, 4.69) is 96.6 Å². The number of nitrogens with one attached hydrogen (secondary N) is 2. The molecule has 0 unspecified atom stereocenters. The van der Waals surface area contributed by atoms with Gasteiger partial charge in [0.1, 0.15) is 17.2 Å². The second-order valence-electron chi connectivity index (χ2n) is 14.0. The Hall–Kier alpha value is -6.99. The van der Waals surface area contributed by atoms with Crippen LogP contribution in [0.3, 0.4) is 0 Å². The number of carbonyl (C=O) groups is 1. The third-order valence-corrected chi connectivity index (χ3v) is 10.3. The molecule has 7 nitrogen and oxygen atoms in total. The summed E-state index contributed by atoms with van der Waals surface area (Å²) in [7, 11) is 3.32. The minimum Gasteiger partial charge on any atom is -0.497 e. The summed E-state index contributed by atoms with van der Waals surface area (Å²) in [4.78, 5) is 32.5. The molecule has 4 aromatic carbocycles. The number of rotatable bonds is 6. The van der Waals surface area contributed by atoms with E-state index in [1.807, 2.05) is 60.7 Å². The van der Waals surface area contributed by atoms with Crippen molar-refractivity contribution < 1.29 is 14.3 Å². The van der Waals surface area contributed by atoms with E-state index in [-0.39, 0.29) is 12.2 Å². The van der Waals surface area contributed by atoms with Gasteiger partial charge in [-0.2, -0.15) is 0 Å². The highest BCUT2D eigenvalue weighted by atomic mass is 16.5. The number of fused-ring (bicyclic) bond motifs is 8. The fourth-order valence-corrected chi connectivity index (χ4v) is 7.76. The number of benzene rings is 4. The molecule has 268 valence electrons. The van der Waals surface area contributed by atoms with Gasteiger partial charge in [0.05, 0.1) is 37.7 Å². The summed E-state index contributed by atoms with van der Waals surface area (Å²) in [6.07, 6.45) is 4.32. The molecule has 7 heteroatoms. The number of methoxy groups -OCH3 is 2. The van der Waals surface area contributed by atoms with Crippen molar-refractivity contribution in [2.75, 3.05) is 14.2 Å². The van der Waals surface area contributed by atoms with Crippen LogP contribution in [-0.2, 0) is 6.42 Å². The van der Waals surface area contributed by atoms with Crippen LogP contribution in [0.4, 0.5) is 0 Å². The van der Waals surface area contributed by atoms with Crippen molar-refractivity contribution in [3.05, 3.63) is 155 Å². The van der Waals surface area contributed by atoms with Crippen molar-refractivity contribution in [2.24, 2.45) is 0 Å². The van der Waals surface area contributed by atoms with Gasteiger partial charge in [0.2, 0.25) is 0 Å². The zero-order chi connectivity index (χ0) is 37.6. The van der Waals surface area contributed by atoms with E-state index in [0.29, 0.717) is 22.7 Å². The Morgan fingerprint density at radius 1 is 0.509 bits per heavy atom. The monoisotopic (exact) mass is 718 g/mol. The molecule has 0 aliphatic carbocycles. The number of aromatic nitrogens is 4. The number of nitrogens with zero attached hydrogens (tertiary/aromatic N) is 2. The zero-order valence-corrected chi connectivity index (χ0v) is 31.0. The molecular formula is C48H38N4O3. The first-order chi connectivity index (χ1) is 26.9. The van der Waals surface area contributed by atoms with Crippen LogP contribution < -0.4 is 9.47 Å². The van der Waals surface area contributed by atoms with E-state index in [1.54, 1.807) is 14.2 Å². The third kappa shape index (κ3) is 6.19. The van der Waals surface area contributed by atoms with Crippen molar-refractivity contribution in [3.63, 3.8) is 0 Å². The summed E-state index contributed by atoms with van der Waals surface area (Å²) in [5.74, 6) is 1.36. The maximum atomic E-state index is 14.4. The van der Waals surface area contributed by atoms with Crippen LogP contribution in [0.15, 0.2) is 121 Å². The Bertz CT molecular complexity index is 2880. The SMILES string of the molecule is COc1cccc(-c2c3nc(c(-c4cccc(C)c4)c4ccc([nH]4)c(-c4cccc(C)c4)c4nc(c(-c5cccc(OC)c5)c5ccc2[nH]5)C(=O)C4)C=C3)c1. The molecule has 2 aliphatic rings. The summed E-state index contributed by atoms with van der Waals surface area (Å²) in [6.45, 7) is 4.18. The Balaban J connectivity index is 1.49. The molecule has 9 rings (SSSR count). The van der Waals surface area contributed by atoms with Crippen LogP contribution in [0, 0.1) is 13.8 Å². The smallest absolute Gasteiger partial charge is 0.187 e. The zero-order valence-electron chi connectivity index (χ0n) is 31.0. The second kappa shape index (κ2) is 13.8. The number of aromatic amines is 2. The van der Waals surface area contributed by atoms with Crippen molar-refractivity contribution in [2.45, 2.75) is 20.3 Å². The minimum absolute atomic E-state index is 0.0591. The fourth-order valence-electron chi connectivity index (χ4n) is 7.76. The molecule has 0 radical (unpaired) electrons. The number of ketones is 1. The average Bonchev–Trinajstić information content (AvgIpc) is 4.03. The largest absolute Gasteiger partial charge is 0.497 e. The topological polar surface area (TPSA) is 92.9 Å². The number of ether oxygens (including phenoxy) is 2. The second-order valence-corrected chi connectivity index (χ2v) is 14.0. The van der Waals surface area contributed by atoms with Gasteiger partial charge in [0.15, 0.2) is 5.78 Å². The van der Waals surface area contributed by atoms with Gasteiger partial charge in [-0.3, -0.25) is 4.79 Å². The van der Waals surface area contributed by atoms with Gasteiger partial charge in [0.25, 0.3) is 0 Å². The lowest BCUT2D eigenvalue weighted by Crippen LogP contribution is -1.99. The summed E-state index contributed by atoms with van der Waals surface area (Å²) in [5.41, 5.74) is 15.6. The Labute approximate surface area is 319 Å². The first-order valence-electron chi connectivity index (χ1n) is 18.3. The Kier molecular flexibility index (Phi) is 8.47. The summed E-state index contributed by atoms with van der Waals surface area (Å²) < 4.78 is 11.3. The van der Waals surface area contributed by atoms with E-state index < -0.39 is 0 Å². The van der Waals surface area contributed by atoms with Gasteiger partial charge >= 0.3 is 0 Å². The molecule has 0 fully saturated rings. The molecule has 0 saturated carbocycles. The molecule has 3 aromatic heterocycles. The standard InChI is InChI=1S/C48H38N4O3/c1-28-9-5-11-30(23-28)44-36-17-18-38(49-36)45(32-13-7-15-34(25-32)54-3)39-21-22-41(51-39)47(33-14-8-16-35(26-33)55-4)48-43(53)27-42(52-48)46(40-20-19-37(44)50-40)31-12-6-10-29(2)24-31/h5-26,50-51H,27H2,1-4H3. The van der Waals surface area contributed by atoms with E-state index in [4.69, 9.17) is 19.4 Å². The van der Waals surface area contributed by atoms with Crippen LogP contribution in [0.25, 0.3) is 78.7 Å². The van der Waals surface area contributed by atoms with Gasteiger partial charge in [-0.1, -0.05) is 83.9 Å². The number of aryl methyl sites for hydroxylation is 2. The van der Waals surface area contributed by atoms with Crippen molar-refractivity contribution in [1.82, 2.24) is 19.9 Å². The van der Waals surface area contributed by atoms with Crippen LogP contribution in [0.2, 0.25) is 0 Å². The molecule has 7 aromatic rings. The lowest BCUT2D eigenvalue weighted by atomic mass is 9.99. The molecule has 2 aliphatic heterocycles. The summed E-state index contributed by atoms with van der Waals surface area (Å²) in [6, 6.07) is 40.9. The van der Waals surface area contributed by atoms with E-state index in [0.717, 1.165) is 89.3 Å². The van der Waals surface area contributed by atoms with Crippen LogP contribution >= 0.6 is 0 Å². The molecule has 0 atom stereocenters. The highest BCUT2D eigenvalue weighted by Crippen LogP contribution is 2.39. The molecule has 0 amide bonds. The molecular weight excluding hydrogens is 681 g/mol. The first kappa shape index (κ1) is 33.8. The number of hydrogen-bond acceptors (Lipinski definition) is 5. The molecule has 0 spiro atoms. The number of H-pyrrole nitrogens is 2. The molecule has 5 heterocycles. The minimum atomic E-state index is -0.0591. The van der Waals surface area contributed by atoms with Crippen molar-refractivity contribution in [1.29, 1.82) is 0 Å². The lowest BCUT2D eigenvalue weighted by molar-refractivity contribution is 0.0999. The van der Waals surface area contributed by atoms with Crippen molar-refractivity contribution in [3.8, 4) is 56.0 Å². The van der Waals surface area contributed by atoms with Gasteiger partial charge in [-0.15, -0.1) is 0 Å². The number of carbonyl (C=O) groups excluding carboxylic acids is 1.